The van der Waals surface area contributed by atoms with Gasteiger partial charge in [-0.2, -0.15) is 0 Å². The van der Waals surface area contributed by atoms with Gasteiger partial charge in [-0.15, -0.1) is 11.8 Å². The van der Waals surface area contributed by atoms with E-state index < -0.39 is 6.04 Å². The van der Waals surface area contributed by atoms with Gasteiger partial charge in [-0.1, -0.05) is 65.0 Å². The number of carbonyl (C=O) groups is 2. The van der Waals surface area contributed by atoms with E-state index in [1.54, 1.807) is 16.7 Å². The fraction of sp³-hybridized carbons (Fsp3) is 0.440. The Morgan fingerprint density at radius 3 is 2.43 bits per heavy atom. The fourth-order valence-corrected chi connectivity index (χ4v) is 4.52. The van der Waals surface area contributed by atoms with Gasteiger partial charge in [0.1, 0.15) is 0 Å². The summed E-state index contributed by atoms with van der Waals surface area (Å²) in [6.07, 6.45) is 0.494. The summed E-state index contributed by atoms with van der Waals surface area (Å²) < 4.78 is 0. The smallest absolute Gasteiger partial charge is 0.245 e. The zero-order valence-corrected chi connectivity index (χ0v) is 19.4. The van der Waals surface area contributed by atoms with Crippen molar-refractivity contribution in [3.8, 4) is 0 Å². The quantitative estimate of drug-likeness (QED) is 0.672. The highest BCUT2D eigenvalue weighted by Crippen LogP contribution is 2.36. The van der Waals surface area contributed by atoms with Crippen molar-refractivity contribution in [3.63, 3.8) is 0 Å². The van der Waals surface area contributed by atoms with E-state index in [0.717, 1.165) is 16.1 Å². The average Bonchev–Trinajstić information content (AvgIpc) is 2.79. The molecule has 0 radical (unpaired) electrons. The van der Waals surface area contributed by atoms with Crippen molar-refractivity contribution in [2.75, 3.05) is 10.7 Å². The molecule has 3 rings (SSSR count). The lowest BCUT2D eigenvalue weighted by Gasteiger charge is -2.25. The third kappa shape index (κ3) is 5.13. The molecule has 0 unspecified atom stereocenters. The summed E-state index contributed by atoms with van der Waals surface area (Å²) in [5.74, 6) is 0.825. The highest BCUT2D eigenvalue weighted by molar-refractivity contribution is 7.99. The first-order valence-corrected chi connectivity index (χ1v) is 11.5. The molecule has 4 nitrogen and oxygen atoms in total. The van der Waals surface area contributed by atoms with Gasteiger partial charge in [-0.25, -0.2) is 0 Å². The van der Waals surface area contributed by atoms with Crippen LogP contribution in [0.2, 0.25) is 0 Å². The Kier molecular flexibility index (Phi) is 6.73. The van der Waals surface area contributed by atoms with Gasteiger partial charge in [0.05, 0.1) is 18.3 Å². The lowest BCUT2D eigenvalue weighted by atomic mass is 9.87. The Morgan fingerprint density at radius 1 is 1.17 bits per heavy atom. The predicted molar refractivity (Wildman–Crippen MR) is 125 cm³/mol. The number of thioether (sulfide) groups is 1. The molecule has 30 heavy (non-hydrogen) atoms. The molecule has 1 aliphatic rings. The van der Waals surface area contributed by atoms with Crippen molar-refractivity contribution < 1.29 is 9.59 Å². The zero-order valence-electron chi connectivity index (χ0n) is 18.6. The topological polar surface area (TPSA) is 63.4 Å². The second-order valence-electron chi connectivity index (χ2n) is 9.49. The minimum atomic E-state index is -0.564. The van der Waals surface area contributed by atoms with E-state index in [-0.39, 0.29) is 23.0 Å². The van der Waals surface area contributed by atoms with Crippen LogP contribution in [0.5, 0.6) is 0 Å². The number of amides is 1. The number of Topliss-reactive ketones (excluding diaryl/α,β-unsaturated/α-hetero) is 1. The zero-order chi connectivity index (χ0) is 22.1. The average molecular weight is 425 g/mol. The van der Waals surface area contributed by atoms with Crippen LogP contribution in [0.15, 0.2) is 47.4 Å². The molecule has 1 atom stereocenters. The largest absolute Gasteiger partial charge is 0.319 e. The van der Waals surface area contributed by atoms with Gasteiger partial charge in [0, 0.05) is 22.6 Å². The maximum Gasteiger partial charge on any atom is 0.245 e. The molecule has 1 heterocycles. The van der Waals surface area contributed by atoms with Crippen molar-refractivity contribution >= 4 is 29.1 Å². The van der Waals surface area contributed by atoms with Crippen LogP contribution in [-0.4, -0.2) is 23.5 Å². The minimum Gasteiger partial charge on any atom is -0.319 e. The molecule has 0 saturated carbocycles. The van der Waals surface area contributed by atoms with Crippen LogP contribution >= 0.6 is 11.8 Å². The molecule has 5 heteroatoms. The second-order valence-corrected chi connectivity index (χ2v) is 10.6. The molecule has 160 valence electrons. The van der Waals surface area contributed by atoms with Gasteiger partial charge in [-0.3, -0.25) is 9.59 Å². The van der Waals surface area contributed by atoms with Gasteiger partial charge in [0.2, 0.25) is 5.91 Å². The molecular formula is C25H32N2O2S. The maximum atomic E-state index is 13.1. The Bertz CT molecular complexity index is 929. The Labute approximate surface area is 184 Å². The lowest BCUT2D eigenvalue weighted by molar-refractivity contribution is -0.119. The number of ketones is 1. The third-order valence-corrected chi connectivity index (χ3v) is 6.51. The van der Waals surface area contributed by atoms with Crippen LogP contribution in [0.25, 0.3) is 0 Å². The number of anilines is 1. The van der Waals surface area contributed by atoms with Crippen molar-refractivity contribution in [2.24, 2.45) is 11.7 Å². The van der Waals surface area contributed by atoms with Gasteiger partial charge >= 0.3 is 0 Å². The van der Waals surface area contributed by atoms with E-state index in [9.17, 15) is 9.59 Å². The summed E-state index contributed by atoms with van der Waals surface area (Å²) in [6.45, 7) is 11.1. The number of rotatable bonds is 5. The molecule has 0 bridgehead atoms. The summed E-state index contributed by atoms with van der Waals surface area (Å²) >= 11 is 1.58. The first-order valence-electron chi connectivity index (χ1n) is 10.5. The van der Waals surface area contributed by atoms with E-state index in [2.05, 4.69) is 45.0 Å². The van der Waals surface area contributed by atoms with Crippen molar-refractivity contribution in [3.05, 3.63) is 59.2 Å². The summed E-state index contributed by atoms with van der Waals surface area (Å²) in [6, 6.07) is 13.5. The molecule has 0 saturated heterocycles. The van der Waals surface area contributed by atoms with Crippen LogP contribution in [0.4, 0.5) is 5.69 Å². The second kappa shape index (κ2) is 8.94. The van der Waals surface area contributed by atoms with Crippen molar-refractivity contribution in [2.45, 2.75) is 63.9 Å². The van der Waals surface area contributed by atoms with Gasteiger partial charge in [0.15, 0.2) is 5.78 Å². The van der Waals surface area contributed by atoms with Crippen LogP contribution in [0, 0.1) is 5.92 Å². The number of nitrogens with two attached hydrogens (primary N) is 1. The number of nitrogens with zero attached hydrogens (tertiary/aromatic N) is 1. The number of carbonyl (C=O) groups excluding carboxylic acids is 2. The summed E-state index contributed by atoms with van der Waals surface area (Å²) in [4.78, 5) is 28.5. The lowest BCUT2D eigenvalue weighted by Crippen LogP contribution is -2.44. The number of hydrogen-bond donors (Lipinski definition) is 1. The molecule has 1 aliphatic heterocycles. The summed E-state index contributed by atoms with van der Waals surface area (Å²) in [5, 5.41) is 0. The molecule has 2 aromatic carbocycles. The monoisotopic (exact) mass is 424 g/mol. The Hall–Kier alpha value is -2.11. The Balaban J connectivity index is 1.96. The highest BCUT2D eigenvalue weighted by Gasteiger charge is 2.29. The SMILES string of the molecule is CC(C)CC(=O)c1ccc2c(c1)N(Cc1ccc(C(C)(C)C)cc1)C(=O)[C@@H](N)CS2. The standard InChI is InChI=1S/C25H32N2O2S/c1-16(2)12-22(28)18-8-11-23-21(13-18)27(24(29)20(26)15-30-23)14-17-6-9-19(10-7-17)25(3,4)5/h6-11,13,16,20H,12,14-15,26H2,1-5H3/t20-/m0/s1. The minimum absolute atomic E-state index is 0.0776. The first kappa shape index (κ1) is 22.6. The third-order valence-electron chi connectivity index (χ3n) is 5.33. The molecule has 1 amide bonds. The van der Waals surface area contributed by atoms with Crippen LogP contribution in [0.1, 0.15) is 62.5 Å². The van der Waals surface area contributed by atoms with Crippen LogP contribution < -0.4 is 10.6 Å². The van der Waals surface area contributed by atoms with E-state index >= 15 is 0 Å². The van der Waals surface area contributed by atoms with Crippen molar-refractivity contribution in [1.82, 2.24) is 0 Å². The van der Waals surface area contributed by atoms with Gasteiger partial charge < -0.3 is 10.6 Å². The van der Waals surface area contributed by atoms with E-state index in [1.165, 1.54) is 5.56 Å². The molecule has 0 aromatic heterocycles. The van der Waals surface area contributed by atoms with E-state index in [1.807, 2.05) is 32.0 Å². The van der Waals surface area contributed by atoms with Gasteiger partial charge in [-0.05, 0) is 34.6 Å². The summed E-state index contributed by atoms with van der Waals surface area (Å²) in [5.41, 5.74) is 9.98. The molecule has 2 aromatic rings. The maximum absolute atomic E-state index is 13.1. The number of hydrogen-bond acceptors (Lipinski definition) is 4. The predicted octanol–water partition coefficient (Wildman–Crippen LogP) is 5.18. The molecule has 2 N–H and O–H groups in total. The molecule has 0 fully saturated rings. The number of benzene rings is 2. The molecule has 0 spiro atoms. The number of fused-ring (bicyclic) bond motifs is 1. The fourth-order valence-electron chi connectivity index (χ4n) is 3.54. The molecular weight excluding hydrogens is 392 g/mol. The Morgan fingerprint density at radius 2 is 1.83 bits per heavy atom. The normalized spacial score (nSPS) is 17.1. The van der Waals surface area contributed by atoms with Crippen molar-refractivity contribution in [1.29, 1.82) is 0 Å². The highest BCUT2D eigenvalue weighted by atomic mass is 32.2. The van der Waals surface area contributed by atoms with E-state index in [0.29, 0.717) is 24.3 Å². The van der Waals surface area contributed by atoms with Crippen LogP contribution in [0.3, 0.4) is 0 Å². The van der Waals surface area contributed by atoms with E-state index in [4.69, 9.17) is 5.73 Å². The summed E-state index contributed by atoms with van der Waals surface area (Å²) in [7, 11) is 0. The molecule has 0 aliphatic carbocycles. The first-order chi connectivity index (χ1) is 14.1. The van der Waals surface area contributed by atoms with Gasteiger partial charge in [0.25, 0.3) is 0 Å². The van der Waals surface area contributed by atoms with Crippen LogP contribution in [-0.2, 0) is 16.8 Å².